The van der Waals surface area contributed by atoms with Crippen molar-refractivity contribution in [2.45, 2.75) is 51.2 Å². The Labute approximate surface area is 180 Å². The summed E-state index contributed by atoms with van der Waals surface area (Å²) in [6, 6.07) is 14.5. The van der Waals surface area contributed by atoms with Gasteiger partial charge in [-0.2, -0.15) is 0 Å². The zero-order chi connectivity index (χ0) is 22.0. The average molecular weight is 424 g/mol. The van der Waals surface area contributed by atoms with Gasteiger partial charge in [0.05, 0.1) is 11.9 Å². The Morgan fingerprint density at radius 3 is 2.26 bits per heavy atom. The molecule has 31 heavy (non-hydrogen) atoms. The summed E-state index contributed by atoms with van der Waals surface area (Å²) in [6.07, 6.45) is 5.07. The molecule has 0 radical (unpaired) electrons. The van der Waals surface area contributed by atoms with E-state index in [1.165, 1.54) is 18.6 Å². The highest BCUT2D eigenvalue weighted by Gasteiger charge is 2.34. The second-order valence-electron chi connectivity index (χ2n) is 8.33. The minimum absolute atomic E-state index is 0.242. The highest BCUT2D eigenvalue weighted by Crippen LogP contribution is 2.35. The summed E-state index contributed by atoms with van der Waals surface area (Å²) in [7, 11) is 0. The van der Waals surface area contributed by atoms with Crippen molar-refractivity contribution in [2.75, 3.05) is 4.90 Å². The van der Waals surface area contributed by atoms with Crippen LogP contribution in [0.15, 0.2) is 64.2 Å². The second kappa shape index (κ2) is 9.10. The molecule has 0 aromatic heterocycles. The molecule has 162 valence electrons. The fourth-order valence-corrected chi connectivity index (χ4v) is 4.53. The Kier molecular flexibility index (Phi) is 6.28. The number of hydrogen-bond donors (Lipinski definition) is 1. The van der Waals surface area contributed by atoms with Crippen LogP contribution < -0.4 is 21.1 Å². The summed E-state index contributed by atoms with van der Waals surface area (Å²) in [6.45, 7) is 1.90. The van der Waals surface area contributed by atoms with Gasteiger partial charge in [-0.3, -0.25) is 14.9 Å². The van der Waals surface area contributed by atoms with E-state index in [0.717, 1.165) is 37.4 Å². The Morgan fingerprint density at radius 2 is 1.65 bits per heavy atom. The molecule has 1 aliphatic rings. The van der Waals surface area contributed by atoms with E-state index in [1.54, 1.807) is 6.07 Å². The van der Waals surface area contributed by atoms with E-state index in [4.69, 9.17) is 0 Å². The molecule has 3 aromatic rings. The fraction of sp³-hybridized carbons (Fsp3) is 0.360. The van der Waals surface area contributed by atoms with Gasteiger partial charge in [-0.1, -0.05) is 43.5 Å². The monoisotopic (exact) mass is 424 g/mol. The molecule has 2 unspecified atom stereocenters. The SMILES string of the molecule is CC(NC(C1CCCCC1)N(c1ccccc1)c1cc(=O)c1=O)c1ccc(F)c(F)c1. The normalized spacial score (nSPS) is 16.9. The Morgan fingerprint density at radius 1 is 0.935 bits per heavy atom. The Balaban J connectivity index is 1.73. The van der Waals surface area contributed by atoms with Gasteiger partial charge in [0, 0.05) is 17.8 Å². The van der Waals surface area contributed by atoms with Gasteiger partial charge >= 0.3 is 0 Å². The third-order valence-corrected chi connectivity index (χ3v) is 6.26. The standard InChI is InChI=1S/C25H26F2N2O2/c1-16(18-12-13-20(26)21(27)14-18)28-25(17-8-4-2-5-9-17)29(19-10-6-3-7-11-19)22-15-23(30)24(22)31/h3,6-7,10-17,25,28H,2,4-5,8-9H2,1H3. The molecule has 4 rings (SSSR count). The number of hydrogen-bond acceptors (Lipinski definition) is 4. The number of benzene rings is 2. The lowest BCUT2D eigenvalue weighted by Gasteiger charge is -2.42. The van der Waals surface area contributed by atoms with Crippen LogP contribution in [-0.2, 0) is 0 Å². The Hall–Kier alpha value is -2.86. The van der Waals surface area contributed by atoms with E-state index >= 15 is 0 Å². The fourth-order valence-electron chi connectivity index (χ4n) is 4.53. The lowest BCUT2D eigenvalue weighted by atomic mass is 9.85. The van der Waals surface area contributed by atoms with Crippen LogP contribution in [0.2, 0.25) is 0 Å². The first-order valence-electron chi connectivity index (χ1n) is 10.8. The molecule has 0 aliphatic heterocycles. The van der Waals surface area contributed by atoms with Gasteiger partial charge in [0.25, 0.3) is 0 Å². The summed E-state index contributed by atoms with van der Waals surface area (Å²) in [5.41, 5.74) is 0.823. The summed E-state index contributed by atoms with van der Waals surface area (Å²) >= 11 is 0. The predicted octanol–water partition coefficient (Wildman–Crippen LogP) is 4.96. The van der Waals surface area contributed by atoms with Gasteiger partial charge < -0.3 is 4.90 Å². The van der Waals surface area contributed by atoms with Crippen molar-refractivity contribution in [1.82, 2.24) is 5.32 Å². The van der Waals surface area contributed by atoms with Crippen molar-refractivity contribution in [3.8, 4) is 0 Å². The second-order valence-corrected chi connectivity index (χ2v) is 8.33. The van der Waals surface area contributed by atoms with Crippen LogP contribution in [0.1, 0.15) is 50.6 Å². The van der Waals surface area contributed by atoms with E-state index in [9.17, 15) is 18.4 Å². The van der Waals surface area contributed by atoms with Crippen LogP contribution in [0.3, 0.4) is 0 Å². The topological polar surface area (TPSA) is 49.4 Å². The minimum Gasteiger partial charge on any atom is -0.322 e. The highest BCUT2D eigenvalue weighted by atomic mass is 19.2. The van der Waals surface area contributed by atoms with Crippen molar-refractivity contribution < 1.29 is 8.78 Å². The van der Waals surface area contributed by atoms with Crippen LogP contribution in [0.4, 0.5) is 20.2 Å². The van der Waals surface area contributed by atoms with Crippen LogP contribution in [0.5, 0.6) is 0 Å². The number of anilines is 2. The van der Waals surface area contributed by atoms with Crippen LogP contribution in [0, 0.1) is 17.6 Å². The third kappa shape index (κ3) is 4.44. The van der Waals surface area contributed by atoms with Crippen molar-refractivity contribution in [3.63, 3.8) is 0 Å². The summed E-state index contributed by atoms with van der Waals surface area (Å²) < 4.78 is 27.3. The number of rotatable bonds is 7. The molecule has 0 bridgehead atoms. The molecule has 0 saturated heterocycles. The van der Waals surface area contributed by atoms with Crippen molar-refractivity contribution in [1.29, 1.82) is 0 Å². The van der Waals surface area contributed by atoms with Crippen molar-refractivity contribution in [2.24, 2.45) is 5.92 Å². The first kappa shape index (κ1) is 21.4. The zero-order valence-corrected chi connectivity index (χ0v) is 17.5. The number of nitrogens with one attached hydrogen (secondary N) is 1. The molecule has 2 atom stereocenters. The molecule has 3 aromatic carbocycles. The third-order valence-electron chi connectivity index (χ3n) is 6.26. The van der Waals surface area contributed by atoms with Crippen LogP contribution in [0.25, 0.3) is 0 Å². The van der Waals surface area contributed by atoms with Gasteiger partial charge in [0.15, 0.2) is 11.6 Å². The largest absolute Gasteiger partial charge is 0.322 e. The van der Waals surface area contributed by atoms with E-state index in [1.807, 2.05) is 42.2 Å². The molecule has 0 amide bonds. The predicted molar refractivity (Wildman–Crippen MR) is 118 cm³/mol. The molecule has 1 N–H and O–H groups in total. The summed E-state index contributed by atoms with van der Waals surface area (Å²) in [5.74, 6) is -1.52. The maximum atomic E-state index is 13.8. The maximum Gasteiger partial charge on any atom is 0.249 e. The maximum absolute atomic E-state index is 13.8. The molecule has 6 heteroatoms. The first-order chi connectivity index (χ1) is 15.0. The summed E-state index contributed by atoms with van der Waals surface area (Å²) in [5, 5.41) is 3.57. The lowest BCUT2D eigenvalue weighted by Crippen LogP contribution is -2.53. The van der Waals surface area contributed by atoms with E-state index in [0.29, 0.717) is 11.3 Å². The smallest absolute Gasteiger partial charge is 0.249 e. The van der Waals surface area contributed by atoms with E-state index in [-0.39, 0.29) is 18.1 Å². The van der Waals surface area contributed by atoms with Gasteiger partial charge in [0.2, 0.25) is 10.9 Å². The number of halogens is 2. The molecular weight excluding hydrogens is 398 g/mol. The van der Waals surface area contributed by atoms with Crippen LogP contribution >= 0.6 is 0 Å². The Bertz CT molecular complexity index is 1100. The molecular formula is C25H26F2N2O2. The summed E-state index contributed by atoms with van der Waals surface area (Å²) in [4.78, 5) is 26.1. The molecule has 0 spiro atoms. The van der Waals surface area contributed by atoms with E-state index < -0.39 is 22.5 Å². The first-order valence-corrected chi connectivity index (χ1v) is 10.8. The lowest BCUT2D eigenvalue weighted by molar-refractivity contribution is 0.257. The van der Waals surface area contributed by atoms with Crippen molar-refractivity contribution >= 4 is 11.4 Å². The van der Waals surface area contributed by atoms with Gasteiger partial charge in [-0.05, 0) is 55.5 Å². The number of nitrogens with zero attached hydrogens (tertiary/aromatic N) is 1. The van der Waals surface area contributed by atoms with Gasteiger partial charge in [0.1, 0.15) is 0 Å². The zero-order valence-electron chi connectivity index (χ0n) is 17.5. The van der Waals surface area contributed by atoms with E-state index in [2.05, 4.69) is 5.32 Å². The van der Waals surface area contributed by atoms with Crippen molar-refractivity contribution in [3.05, 3.63) is 92.2 Å². The molecule has 1 aliphatic carbocycles. The quantitative estimate of drug-likeness (QED) is 0.430. The minimum atomic E-state index is -0.886. The van der Waals surface area contributed by atoms with Gasteiger partial charge in [-0.25, -0.2) is 8.78 Å². The molecule has 1 fully saturated rings. The molecule has 1 saturated carbocycles. The van der Waals surface area contributed by atoms with Gasteiger partial charge in [-0.15, -0.1) is 0 Å². The average Bonchev–Trinajstić information content (AvgIpc) is 2.80. The highest BCUT2D eigenvalue weighted by molar-refractivity contribution is 5.66. The number of para-hydroxylation sites is 1. The molecule has 4 nitrogen and oxygen atoms in total. The van der Waals surface area contributed by atoms with Crippen LogP contribution in [-0.4, -0.2) is 6.17 Å². The molecule has 0 heterocycles.